The maximum absolute atomic E-state index is 11.8. The number of carbonyl (C=O) groups excluding carboxylic acids is 1. The highest BCUT2D eigenvalue weighted by Gasteiger charge is 2.40. The minimum Gasteiger partial charge on any atom is -0.352 e. The summed E-state index contributed by atoms with van der Waals surface area (Å²) in [7, 11) is 0. The lowest BCUT2D eigenvalue weighted by molar-refractivity contribution is -0.130. The van der Waals surface area contributed by atoms with Crippen LogP contribution in [0.15, 0.2) is 0 Å². The molecule has 0 atom stereocenters. The van der Waals surface area contributed by atoms with Gasteiger partial charge < -0.3 is 5.32 Å². The zero-order chi connectivity index (χ0) is 8.20. The van der Waals surface area contributed by atoms with E-state index in [0.717, 1.165) is 0 Å². The fourth-order valence-corrected chi connectivity index (χ4v) is 0.255. The molecule has 0 aliphatic rings. The van der Waals surface area contributed by atoms with Crippen molar-refractivity contribution in [1.82, 2.24) is 5.32 Å². The Kier molecular flexibility index (Phi) is 3.11. The maximum atomic E-state index is 11.8. The Morgan fingerprint density at radius 3 is 2.30 bits per heavy atom. The van der Waals surface area contributed by atoms with E-state index >= 15 is 0 Å². The molecule has 2 nitrogen and oxygen atoms in total. The predicted octanol–water partition coefficient (Wildman–Crippen LogP) is 0.633. The first-order valence-electron chi connectivity index (χ1n) is 2.33. The van der Waals surface area contributed by atoms with Gasteiger partial charge >= 0.3 is 12.3 Å². The first kappa shape index (κ1) is 9.19. The number of alkyl halides is 4. The van der Waals surface area contributed by atoms with Gasteiger partial charge in [-0.25, -0.2) is 8.78 Å². The van der Waals surface area contributed by atoms with E-state index in [0.29, 0.717) is 0 Å². The zero-order valence-corrected chi connectivity index (χ0v) is 4.78. The predicted molar refractivity (Wildman–Crippen MR) is 25.0 cm³/mol. The second-order valence-corrected chi connectivity index (χ2v) is 1.56. The van der Waals surface area contributed by atoms with Crippen molar-refractivity contribution < 1.29 is 22.4 Å². The van der Waals surface area contributed by atoms with Crippen molar-refractivity contribution in [3.05, 3.63) is 0 Å². The van der Waals surface area contributed by atoms with Gasteiger partial charge in [-0.15, -0.1) is 0 Å². The second-order valence-electron chi connectivity index (χ2n) is 1.56. The highest BCUT2D eigenvalue weighted by molar-refractivity contribution is 5.45. The van der Waals surface area contributed by atoms with Crippen LogP contribution in [0.3, 0.4) is 0 Å². The molecule has 0 saturated heterocycles. The van der Waals surface area contributed by atoms with Crippen LogP contribution in [0.5, 0.6) is 0 Å². The van der Waals surface area contributed by atoms with Crippen LogP contribution in [-0.2, 0) is 4.79 Å². The Labute approximate surface area is 54.2 Å². The average Bonchev–Trinajstić information content (AvgIpc) is 1.84. The van der Waals surface area contributed by atoms with Gasteiger partial charge in [0.05, 0.1) is 6.54 Å². The van der Waals surface area contributed by atoms with Crippen LogP contribution in [0.2, 0.25) is 0 Å². The third-order valence-corrected chi connectivity index (χ3v) is 0.740. The van der Waals surface area contributed by atoms with Crippen LogP contribution < -0.4 is 5.32 Å². The SMILES string of the molecule is O=CNCC(F)(F)C(F)F. The molecule has 0 rings (SSSR count). The van der Waals surface area contributed by atoms with Crippen molar-refractivity contribution >= 4 is 6.41 Å². The molecule has 6 heteroatoms. The number of hydrogen-bond acceptors (Lipinski definition) is 1. The number of amides is 1. The number of halogens is 4. The molecule has 60 valence electrons. The summed E-state index contributed by atoms with van der Waals surface area (Å²) in [5.74, 6) is -4.12. The fraction of sp³-hybridized carbons (Fsp3) is 0.750. The summed E-state index contributed by atoms with van der Waals surface area (Å²) in [5.41, 5.74) is 0. The molecule has 1 N–H and O–H groups in total. The summed E-state index contributed by atoms with van der Waals surface area (Å²) in [6, 6.07) is 0. The number of carbonyl (C=O) groups is 1. The number of rotatable bonds is 4. The monoisotopic (exact) mass is 159 g/mol. The highest BCUT2D eigenvalue weighted by Crippen LogP contribution is 2.20. The quantitative estimate of drug-likeness (QED) is 0.473. The molecule has 0 radical (unpaired) electrons. The summed E-state index contributed by atoms with van der Waals surface area (Å²) in [6.45, 7) is -1.33. The largest absolute Gasteiger partial charge is 0.352 e. The molecular formula is C4H5F4NO. The molecule has 0 aromatic heterocycles. The van der Waals surface area contributed by atoms with Crippen LogP contribution >= 0.6 is 0 Å². The minimum absolute atomic E-state index is 0.0592. The Balaban J connectivity index is 3.74. The second kappa shape index (κ2) is 3.38. The Morgan fingerprint density at radius 1 is 1.50 bits per heavy atom. The molecular weight excluding hydrogens is 154 g/mol. The number of hydrogen-bond donors (Lipinski definition) is 1. The normalized spacial score (nSPS) is 11.7. The van der Waals surface area contributed by atoms with Crippen molar-refractivity contribution in [2.24, 2.45) is 0 Å². The van der Waals surface area contributed by atoms with E-state index in [-0.39, 0.29) is 6.41 Å². The van der Waals surface area contributed by atoms with E-state index in [1.807, 2.05) is 0 Å². The molecule has 0 aromatic carbocycles. The smallest absolute Gasteiger partial charge is 0.324 e. The van der Waals surface area contributed by atoms with Gasteiger partial charge in [0, 0.05) is 0 Å². The van der Waals surface area contributed by atoms with E-state index in [4.69, 9.17) is 0 Å². The van der Waals surface area contributed by atoms with E-state index in [1.54, 1.807) is 0 Å². The molecule has 0 unspecified atom stereocenters. The molecule has 0 spiro atoms. The van der Waals surface area contributed by atoms with Crippen LogP contribution in [0.1, 0.15) is 0 Å². The fourth-order valence-electron chi connectivity index (χ4n) is 0.255. The van der Waals surface area contributed by atoms with Crippen LogP contribution in [0.25, 0.3) is 0 Å². The van der Waals surface area contributed by atoms with Crippen molar-refractivity contribution in [3.8, 4) is 0 Å². The van der Waals surface area contributed by atoms with Gasteiger partial charge in [-0.2, -0.15) is 8.78 Å². The van der Waals surface area contributed by atoms with Gasteiger partial charge in [0.1, 0.15) is 0 Å². The summed E-state index contributed by atoms with van der Waals surface area (Å²) in [6.07, 6.45) is -3.80. The topological polar surface area (TPSA) is 29.1 Å². The number of nitrogens with one attached hydrogen (secondary N) is 1. The summed E-state index contributed by atoms with van der Waals surface area (Å²) >= 11 is 0. The average molecular weight is 159 g/mol. The summed E-state index contributed by atoms with van der Waals surface area (Å²) in [4.78, 5) is 9.38. The van der Waals surface area contributed by atoms with E-state index in [9.17, 15) is 22.4 Å². The molecule has 0 aliphatic heterocycles. The first-order chi connectivity index (χ1) is 4.50. The highest BCUT2D eigenvalue weighted by atomic mass is 19.3. The minimum atomic E-state index is -4.12. The Morgan fingerprint density at radius 2 is 2.00 bits per heavy atom. The molecule has 0 aromatic rings. The van der Waals surface area contributed by atoms with Gasteiger partial charge in [0.25, 0.3) is 0 Å². The standard InChI is InChI=1S/C4H5F4NO/c5-3(6)4(7,8)1-9-2-10/h2-3H,1H2,(H,9,10). The van der Waals surface area contributed by atoms with Gasteiger partial charge in [-0.05, 0) is 0 Å². The van der Waals surface area contributed by atoms with Crippen molar-refractivity contribution in [1.29, 1.82) is 0 Å². The molecule has 0 heterocycles. The van der Waals surface area contributed by atoms with E-state index in [1.165, 1.54) is 5.32 Å². The third-order valence-electron chi connectivity index (χ3n) is 0.740. The molecule has 0 aliphatic carbocycles. The maximum Gasteiger partial charge on any atom is 0.324 e. The summed E-state index contributed by atoms with van der Waals surface area (Å²) < 4.78 is 46.0. The van der Waals surface area contributed by atoms with Crippen molar-refractivity contribution in [3.63, 3.8) is 0 Å². The Hall–Kier alpha value is -0.810. The summed E-state index contributed by atoms with van der Waals surface area (Å²) in [5, 5.41) is 1.46. The van der Waals surface area contributed by atoms with Crippen molar-refractivity contribution in [2.75, 3.05) is 6.54 Å². The lowest BCUT2D eigenvalue weighted by Crippen LogP contribution is -2.38. The molecule has 1 amide bonds. The molecule has 0 fully saturated rings. The van der Waals surface area contributed by atoms with E-state index < -0.39 is 18.9 Å². The van der Waals surface area contributed by atoms with Crippen molar-refractivity contribution in [2.45, 2.75) is 12.3 Å². The molecule has 10 heavy (non-hydrogen) atoms. The van der Waals surface area contributed by atoms with E-state index in [2.05, 4.69) is 0 Å². The lowest BCUT2D eigenvalue weighted by atomic mass is 10.3. The van der Waals surface area contributed by atoms with Gasteiger partial charge in [-0.3, -0.25) is 4.79 Å². The first-order valence-corrected chi connectivity index (χ1v) is 2.33. The lowest BCUT2D eigenvalue weighted by Gasteiger charge is -2.13. The zero-order valence-electron chi connectivity index (χ0n) is 4.78. The van der Waals surface area contributed by atoms with Gasteiger partial charge in [-0.1, -0.05) is 0 Å². The Bertz CT molecular complexity index is 116. The molecule has 0 saturated carbocycles. The van der Waals surface area contributed by atoms with Gasteiger partial charge in [0.2, 0.25) is 6.41 Å². The van der Waals surface area contributed by atoms with Crippen LogP contribution in [0.4, 0.5) is 17.6 Å². The molecule has 0 bridgehead atoms. The van der Waals surface area contributed by atoms with Crippen LogP contribution in [-0.4, -0.2) is 25.3 Å². The van der Waals surface area contributed by atoms with Crippen LogP contribution in [0, 0.1) is 0 Å². The third kappa shape index (κ3) is 2.65. The van der Waals surface area contributed by atoms with Gasteiger partial charge in [0.15, 0.2) is 0 Å².